The summed E-state index contributed by atoms with van der Waals surface area (Å²) >= 11 is 1.15. The minimum Gasteiger partial charge on any atom is -0.471 e. The normalized spacial score (nSPS) is 17.1. The van der Waals surface area contributed by atoms with E-state index in [1.807, 2.05) is 0 Å². The van der Waals surface area contributed by atoms with Crippen LogP contribution >= 0.6 is 11.8 Å². The monoisotopic (exact) mass is 266 g/mol. The molecule has 1 aliphatic rings. The number of thioether (sulfide) groups is 1. The van der Waals surface area contributed by atoms with Crippen LogP contribution in [0.4, 0.5) is 4.39 Å². The lowest BCUT2D eigenvalue weighted by Gasteiger charge is -2.00. The molecular formula is C12H11FN2O2S. The van der Waals surface area contributed by atoms with E-state index in [1.54, 1.807) is 18.2 Å². The highest BCUT2D eigenvalue weighted by atomic mass is 32.2. The molecule has 1 heterocycles. The fourth-order valence-electron chi connectivity index (χ4n) is 1.31. The first-order valence-corrected chi connectivity index (χ1v) is 6.11. The molecule has 2 N–H and O–H groups in total. The van der Waals surface area contributed by atoms with Crippen molar-refractivity contribution in [3.63, 3.8) is 0 Å². The molecule has 1 amide bonds. The number of amides is 1. The van der Waals surface area contributed by atoms with Gasteiger partial charge in [0.05, 0.1) is 4.91 Å². The molecule has 18 heavy (non-hydrogen) atoms. The third-order valence-corrected chi connectivity index (χ3v) is 3.01. The van der Waals surface area contributed by atoms with Crippen molar-refractivity contribution < 1.29 is 13.9 Å². The Balaban J connectivity index is 2.07. The Bertz CT molecular complexity index is 511. The van der Waals surface area contributed by atoms with Gasteiger partial charge in [0.25, 0.3) is 11.1 Å². The molecule has 94 valence electrons. The number of nitrogens with zero attached hydrogens (tertiary/aromatic N) is 1. The van der Waals surface area contributed by atoms with E-state index in [0.29, 0.717) is 23.3 Å². The highest BCUT2D eigenvalue weighted by Gasteiger charge is 2.22. The fourth-order valence-corrected chi connectivity index (χ4v) is 2.10. The number of carbonyl (C=O) groups excluding carboxylic acids is 1. The first kappa shape index (κ1) is 12.8. The average Bonchev–Trinajstić information content (AvgIpc) is 2.70. The molecule has 2 rings (SSSR count). The molecular weight excluding hydrogens is 255 g/mol. The van der Waals surface area contributed by atoms with Crippen LogP contribution in [0.2, 0.25) is 0 Å². The lowest BCUT2D eigenvalue weighted by Crippen LogP contribution is -2.10. The van der Waals surface area contributed by atoms with Crippen LogP contribution in [0.1, 0.15) is 5.56 Å². The van der Waals surface area contributed by atoms with E-state index in [0.717, 1.165) is 17.3 Å². The summed E-state index contributed by atoms with van der Waals surface area (Å²) in [6.45, 7) is 0.688. The van der Waals surface area contributed by atoms with E-state index in [2.05, 4.69) is 4.99 Å². The van der Waals surface area contributed by atoms with Crippen LogP contribution in [0.5, 0.6) is 0 Å². The standard InChI is InChI=1S/C12H11FN2O2S/c13-9-3-1-8(2-4-9)7-10-11(16)15-12(18-10)17-6-5-14/h1-4,7H,5-6,14H2. The molecule has 0 radical (unpaired) electrons. The summed E-state index contributed by atoms with van der Waals surface area (Å²) in [5.74, 6) is -0.665. The predicted octanol–water partition coefficient (Wildman–Crippen LogP) is 1.77. The van der Waals surface area contributed by atoms with Gasteiger partial charge in [-0.15, -0.1) is 0 Å². The summed E-state index contributed by atoms with van der Waals surface area (Å²) < 4.78 is 17.9. The van der Waals surface area contributed by atoms with Crippen LogP contribution in [0, 0.1) is 5.82 Å². The minimum absolute atomic E-state index is 0.304. The second kappa shape index (κ2) is 5.79. The second-order valence-corrected chi connectivity index (χ2v) is 4.48. The summed E-state index contributed by atoms with van der Waals surface area (Å²) in [4.78, 5) is 15.8. The van der Waals surface area contributed by atoms with Gasteiger partial charge >= 0.3 is 0 Å². The maximum atomic E-state index is 12.7. The SMILES string of the molecule is NCCOC1=NC(=O)C(=Cc2ccc(F)cc2)S1. The molecule has 0 spiro atoms. The van der Waals surface area contributed by atoms with E-state index in [-0.39, 0.29) is 11.7 Å². The maximum Gasteiger partial charge on any atom is 0.287 e. The average molecular weight is 266 g/mol. The summed E-state index contributed by atoms with van der Waals surface area (Å²) in [7, 11) is 0. The third kappa shape index (κ3) is 3.18. The Morgan fingerprint density at radius 1 is 1.39 bits per heavy atom. The summed E-state index contributed by atoms with van der Waals surface area (Å²) in [6, 6.07) is 5.86. The minimum atomic E-state index is -0.351. The maximum absolute atomic E-state index is 12.7. The van der Waals surface area contributed by atoms with Gasteiger partial charge in [-0.25, -0.2) is 4.39 Å². The third-order valence-electron chi connectivity index (χ3n) is 2.11. The Hall–Kier alpha value is -1.66. The Morgan fingerprint density at radius 3 is 2.78 bits per heavy atom. The first-order chi connectivity index (χ1) is 8.69. The van der Waals surface area contributed by atoms with E-state index in [9.17, 15) is 9.18 Å². The summed E-state index contributed by atoms with van der Waals surface area (Å²) in [5.41, 5.74) is 6.03. The van der Waals surface area contributed by atoms with Crippen molar-refractivity contribution in [3.05, 3.63) is 40.6 Å². The van der Waals surface area contributed by atoms with Gasteiger partial charge in [0.15, 0.2) is 0 Å². The molecule has 0 unspecified atom stereocenters. The van der Waals surface area contributed by atoms with Crippen LogP contribution in [-0.2, 0) is 9.53 Å². The van der Waals surface area contributed by atoms with Crippen LogP contribution in [0.15, 0.2) is 34.2 Å². The molecule has 0 saturated heterocycles. The number of hydrogen-bond acceptors (Lipinski definition) is 4. The molecule has 0 fully saturated rings. The summed E-state index contributed by atoms with van der Waals surface area (Å²) in [6.07, 6.45) is 1.65. The number of carbonyl (C=O) groups is 1. The van der Waals surface area contributed by atoms with Crippen molar-refractivity contribution in [2.24, 2.45) is 10.7 Å². The molecule has 4 nitrogen and oxygen atoms in total. The van der Waals surface area contributed by atoms with Crippen molar-refractivity contribution in [1.82, 2.24) is 0 Å². The zero-order valence-corrected chi connectivity index (χ0v) is 10.2. The highest BCUT2D eigenvalue weighted by molar-refractivity contribution is 8.18. The highest BCUT2D eigenvalue weighted by Crippen LogP contribution is 2.28. The Labute approximate surface area is 108 Å². The molecule has 0 saturated carbocycles. The van der Waals surface area contributed by atoms with Crippen LogP contribution in [0.25, 0.3) is 6.08 Å². The number of ether oxygens (including phenoxy) is 1. The number of rotatable bonds is 3. The lowest BCUT2D eigenvalue weighted by molar-refractivity contribution is -0.113. The molecule has 0 bridgehead atoms. The molecule has 1 aromatic carbocycles. The quantitative estimate of drug-likeness (QED) is 0.847. The largest absolute Gasteiger partial charge is 0.471 e. The van der Waals surface area contributed by atoms with Crippen molar-refractivity contribution >= 4 is 29.0 Å². The molecule has 0 atom stereocenters. The van der Waals surface area contributed by atoms with Crippen LogP contribution in [0.3, 0.4) is 0 Å². The number of nitrogens with two attached hydrogens (primary N) is 1. The van der Waals surface area contributed by atoms with Gasteiger partial charge in [-0.3, -0.25) is 4.79 Å². The number of halogens is 1. The van der Waals surface area contributed by atoms with Gasteiger partial charge in [-0.05, 0) is 35.5 Å². The molecule has 6 heteroatoms. The van der Waals surface area contributed by atoms with E-state index in [1.165, 1.54) is 12.1 Å². The van der Waals surface area contributed by atoms with Crippen LogP contribution < -0.4 is 5.73 Å². The lowest BCUT2D eigenvalue weighted by atomic mass is 10.2. The molecule has 0 aliphatic carbocycles. The Morgan fingerprint density at radius 2 is 2.11 bits per heavy atom. The molecule has 1 aromatic rings. The predicted molar refractivity (Wildman–Crippen MR) is 69.4 cm³/mol. The van der Waals surface area contributed by atoms with Gasteiger partial charge in [-0.2, -0.15) is 4.99 Å². The van der Waals surface area contributed by atoms with Gasteiger partial charge in [0.1, 0.15) is 12.4 Å². The summed E-state index contributed by atoms with van der Waals surface area (Å²) in [5, 5.41) is 0.304. The molecule has 1 aliphatic heterocycles. The number of aliphatic imine (C=N–C) groups is 1. The topological polar surface area (TPSA) is 64.7 Å². The van der Waals surface area contributed by atoms with Gasteiger partial charge in [0.2, 0.25) is 0 Å². The van der Waals surface area contributed by atoms with Gasteiger partial charge in [0, 0.05) is 6.54 Å². The smallest absolute Gasteiger partial charge is 0.287 e. The van der Waals surface area contributed by atoms with Crippen molar-refractivity contribution in [1.29, 1.82) is 0 Å². The fraction of sp³-hybridized carbons (Fsp3) is 0.167. The van der Waals surface area contributed by atoms with E-state index < -0.39 is 0 Å². The van der Waals surface area contributed by atoms with Gasteiger partial charge < -0.3 is 10.5 Å². The Kier molecular flexibility index (Phi) is 4.11. The second-order valence-electron chi connectivity index (χ2n) is 3.48. The zero-order chi connectivity index (χ0) is 13.0. The number of hydrogen-bond donors (Lipinski definition) is 1. The first-order valence-electron chi connectivity index (χ1n) is 5.30. The van der Waals surface area contributed by atoms with Crippen molar-refractivity contribution in [3.8, 4) is 0 Å². The van der Waals surface area contributed by atoms with E-state index in [4.69, 9.17) is 10.5 Å². The van der Waals surface area contributed by atoms with Crippen molar-refractivity contribution in [2.45, 2.75) is 0 Å². The van der Waals surface area contributed by atoms with Crippen molar-refractivity contribution in [2.75, 3.05) is 13.2 Å². The number of benzene rings is 1. The van der Waals surface area contributed by atoms with Crippen LogP contribution in [-0.4, -0.2) is 24.3 Å². The van der Waals surface area contributed by atoms with Gasteiger partial charge in [-0.1, -0.05) is 12.1 Å². The van der Waals surface area contributed by atoms with E-state index >= 15 is 0 Å². The molecule has 0 aromatic heterocycles. The zero-order valence-electron chi connectivity index (χ0n) is 9.43.